The number of hydrogen-bond donors (Lipinski definition) is 3. The first-order valence-electron chi connectivity index (χ1n) is 6.53. The van der Waals surface area contributed by atoms with E-state index in [4.69, 9.17) is 10.5 Å². The number of methoxy groups -OCH3 is 1. The van der Waals surface area contributed by atoms with Gasteiger partial charge in [0, 0.05) is 19.3 Å². The van der Waals surface area contributed by atoms with Gasteiger partial charge in [-0.1, -0.05) is 18.2 Å². The van der Waals surface area contributed by atoms with E-state index >= 15 is 0 Å². The van der Waals surface area contributed by atoms with Crippen molar-refractivity contribution in [3.63, 3.8) is 0 Å². The monoisotopic (exact) mass is 277 g/mol. The predicted molar refractivity (Wildman–Crippen MR) is 75.2 cm³/mol. The Morgan fingerprint density at radius 1 is 1.45 bits per heavy atom. The summed E-state index contributed by atoms with van der Waals surface area (Å²) in [4.78, 5) is 23.2. The van der Waals surface area contributed by atoms with Crippen molar-refractivity contribution < 1.29 is 14.3 Å². The van der Waals surface area contributed by atoms with Gasteiger partial charge in [-0.2, -0.15) is 0 Å². The van der Waals surface area contributed by atoms with Crippen LogP contribution >= 0.6 is 0 Å². The number of amides is 2. The van der Waals surface area contributed by atoms with E-state index in [1.165, 1.54) is 0 Å². The van der Waals surface area contributed by atoms with Crippen molar-refractivity contribution in [2.75, 3.05) is 19.0 Å². The van der Waals surface area contributed by atoms with Crippen LogP contribution in [0, 0.1) is 0 Å². The number of carbonyl (C=O) groups excluding carboxylic acids is 2. The van der Waals surface area contributed by atoms with Gasteiger partial charge in [0.2, 0.25) is 11.8 Å². The van der Waals surface area contributed by atoms with Crippen molar-refractivity contribution in [3.8, 4) is 0 Å². The van der Waals surface area contributed by atoms with Gasteiger partial charge in [0.1, 0.15) is 0 Å². The molecule has 0 spiro atoms. The van der Waals surface area contributed by atoms with Gasteiger partial charge < -0.3 is 21.1 Å². The number of hydrogen-bond acceptors (Lipinski definition) is 4. The highest BCUT2D eigenvalue weighted by Gasteiger charge is 2.29. The zero-order valence-electron chi connectivity index (χ0n) is 11.4. The molecule has 0 radical (unpaired) electrons. The van der Waals surface area contributed by atoms with E-state index < -0.39 is 5.91 Å². The lowest BCUT2D eigenvalue weighted by molar-refractivity contribution is -0.118. The average Bonchev–Trinajstić information content (AvgIpc) is 2.89. The maximum atomic E-state index is 12.2. The van der Waals surface area contributed by atoms with Crippen LogP contribution in [0.3, 0.4) is 0 Å². The van der Waals surface area contributed by atoms with Crippen LogP contribution < -0.4 is 16.4 Å². The molecule has 2 unspecified atom stereocenters. The largest absolute Gasteiger partial charge is 0.380 e. The van der Waals surface area contributed by atoms with Crippen molar-refractivity contribution >= 4 is 17.5 Å². The van der Waals surface area contributed by atoms with E-state index in [0.717, 1.165) is 5.56 Å². The molecule has 6 heteroatoms. The second-order valence-corrected chi connectivity index (χ2v) is 4.84. The first-order valence-corrected chi connectivity index (χ1v) is 6.53. The van der Waals surface area contributed by atoms with Gasteiger partial charge in [0.05, 0.1) is 18.6 Å². The van der Waals surface area contributed by atoms with E-state index in [9.17, 15) is 9.59 Å². The number of carbonyl (C=O) groups is 2. The summed E-state index contributed by atoms with van der Waals surface area (Å²) in [6.45, 7) is 0.664. The minimum atomic E-state index is -0.426. The first kappa shape index (κ1) is 14.5. The second kappa shape index (κ2) is 6.49. The standard InChI is InChI=1S/C14H19N3O3/c1-20-10-7-12(16-8-10)14(19)17-11-5-3-2-4-9(11)6-13(15)18/h2-5,10,12,16H,6-8H2,1H3,(H2,15,18)(H,17,19). The molecule has 0 aliphatic carbocycles. The molecule has 6 nitrogen and oxygen atoms in total. The van der Waals surface area contributed by atoms with Gasteiger partial charge in [0.15, 0.2) is 0 Å². The lowest BCUT2D eigenvalue weighted by Gasteiger charge is -2.14. The molecule has 1 aliphatic rings. The van der Waals surface area contributed by atoms with Crippen molar-refractivity contribution in [1.29, 1.82) is 0 Å². The molecule has 2 atom stereocenters. The quantitative estimate of drug-likeness (QED) is 0.708. The summed E-state index contributed by atoms with van der Waals surface area (Å²) >= 11 is 0. The third-order valence-corrected chi connectivity index (χ3v) is 3.38. The minimum Gasteiger partial charge on any atom is -0.380 e. The fourth-order valence-corrected chi connectivity index (χ4v) is 2.29. The third kappa shape index (κ3) is 3.55. The van der Waals surface area contributed by atoms with Crippen molar-refractivity contribution in [2.24, 2.45) is 5.73 Å². The Labute approximate surface area is 117 Å². The molecule has 1 aromatic carbocycles. The first-order chi connectivity index (χ1) is 9.60. The Bertz CT molecular complexity index is 504. The third-order valence-electron chi connectivity index (χ3n) is 3.38. The molecule has 0 saturated carbocycles. The highest BCUT2D eigenvalue weighted by atomic mass is 16.5. The Morgan fingerprint density at radius 2 is 2.20 bits per heavy atom. The Morgan fingerprint density at radius 3 is 2.85 bits per heavy atom. The second-order valence-electron chi connectivity index (χ2n) is 4.84. The van der Waals surface area contributed by atoms with Gasteiger partial charge in [-0.25, -0.2) is 0 Å². The van der Waals surface area contributed by atoms with Crippen LogP contribution in [0.2, 0.25) is 0 Å². The summed E-state index contributed by atoms with van der Waals surface area (Å²) in [6, 6.07) is 6.88. The normalized spacial score (nSPS) is 21.6. The highest BCUT2D eigenvalue weighted by molar-refractivity contribution is 5.96. The fourth-order valence-electron chi connectivity index (χ4n) is 2.29. The van der Waals surface area contributed by atoms with E-state index in [1.54, 1.807) is 25.3 Å². The number of para-hydroxylation sites is 1. The Balaban J connectivity index is 2.03. The SMILES string of the molecule is COC1CNC(C(=O)Nc2ccccc2CC(N)=O)C1. The number of rotatable bonds is 5. The molecule has 2 rings (SSSR count). The predicted octanol–water partition coefficient (Wildman–Crippen LogP) is 0.0298. The topological polar surface area (TPSA) is 93.4 Å². The van der Waals surface area contributed by atoms with Gasteiger partial charge in [-0.3, -0.25) is 9.59 Å². The van der Waals surface area contributed by atoms with Crippen LogP contribution in [0.15, 0.2) is 24.3 Å². The molecule has 1 heterocycles. The summed E-state index contributed by atoms with van der Waals surface area (Å²) in [5.41, 5.74) is 6.54. The zero-order chi connectivity index (χ0) is 14.5. The molecule has 1 fully saturated rings. The van der Waals surface area contributed by atoms with Gasteiger partial charge in [-0.15, -0.1) is 0 Å². The lowest BCUT2D eigenvalue weighted by Crippen LogP contribution is -2.35. The number of nitrogens with two attached hydrogens (primary N) is 1. The highest BCUT2D eigenvalue weighted by Crippen LogP contribution is 2.17. The molecular weight excluding hydrogens is 258 g/mol. The Hall–Kier alpha value is -1.92. The summed E-state index contributed by atoms with van der Waals surface area (Å²) in [6.07, 6.45) is 0.807. The molecule has 1 aromatic rings. The van der Waals surface area contributed by atoms with Crippen LogP contribution in [-0.2, 0) is 20.7 Å². The molecule has 2 amide bonds. The molecule has 0 bridgehead atoms. The van der Waals surface area contributed by atoms with Gasteiger partial charge in [0.25, 0.3) is 0 Å². The van der Waals surface area contributed by atoms with E-state index in [-0.39, 0.29) is 24.5 Å². The zero-order valence-corrected chi connectivity index (χ0v) is 11.4. The summed E-state index contributed by atoms with van der Waals surface area (Å²) in [5.74, 6) is -0.549. The Kier molecular flexibility index (Phi) is 4.70. The summed E-state index contributed by atoms with van der Waals surface area (Å²) in [7, 11) is 1.63. The molecular formula is C14H19N3O3. The fraction of sp³-hybridized carbons (Fsp3) is 0.429. The van der Waals surface area contributed by atoms with Crippen molar-refractivity contribution in [3.05, 3.63) is 29.8 Å². The van der Waals surface area contributed by atoms with Crippen LogP contribution in [0.4, 0.5) is 5.69 Å². The molecule has 20 heavy (non-hydrogen) atoms. The molecule has 4 N–H and O–H groups in total. The number of nitrogens with one attached hydrogen (secondary N) is 2. The summed E-state index contributed by atoms with van der Waals surface area (Å²) in [5, 5.41) is 5.95. The van der Waals surface area contributed by atoms with Crippen molar-refractivity contribution in [2.45, 2.75) is 25.0 Å². The van der Waals surface area contributed by atoms with E-state index in [2.05, 4.69) is 10.6 Å². The minimum absolute atomic E-state index is 0.0617. The van der Waals surface area contributed by atoms with E-state index in [0.29, 0.717) is 18.7 Å². The summed E-state index contributed by atoms with van der Waals surface area (Å²) < 4.78 is 5.21. The van der Waals surface area contributed by atoms with Crippen LogP contribution in [0.5, 0.6) is 0 Å². The lowest BCUT2D eigenvalue weighted by atomic mass is 10.1. The average molecular weight is 277 g/mol. The van der Waals surface area contributed by atoms with Gasteiger partial charge in [-0.05, 0) is 18.1 Å². The molecule has 1 aliphatic heterocycles. The molecule has 1 saturated heterocycles. The molecule has 108 valence electrons. The number of ether oxygens (including phenoxy) is 1. The maximum Gasteiger partial charge on any atom is 0.241 e. The van der Waals surface area contributed by atoms with Crippen molar-refractivity contribution in [1.82, 2.24) is 5.32 Å². The smallest absolute Gasteiger partial charge is 0.241 e. The number of anilines is 1. The van der Waals surface area contributed by atoms with Crippen LogP contribution in [-0.4, -0.2) is 37.6 Å². The maximum absolute atomic E-state index is 12.2. The van der Waals surface area contributed by atoms with Crippen LogP contribution in [0.1, 0.15) is 12.0 Å². The van der Waals surface area contributed by atoms with E-state index in [1.807, 2.05) is 6.07 Å². The number of benzene rings is 1. The van der Waals surface area contributed by atoms with Gasteiger partial charge >= 0.3 is 0 Å². The number of primary amides is 1. The van der Waals surface area contributed by atoms with Crippen LogP contribution in [0.25, 0.3) is 0 Å². The molecule has 0 aromatic heterocycles.